The molecule has 2 rings (SSSR count). The van der Waals surface area contributed by atoms with Crippen LogP contribution in [0.15, 0.2) is 30.3 Å². The van der Waals surface area contributed by atoms with Crippen molar-refractivity contribution >= 4 is 11.6 Å². The molecular formula is C23H35ClO2. The Morgan fingerprint density at radius 1 is 0.731 bits per heavy atom. The molecule has 0 bridgehead atoms. The van der Waals surface area contributed by atoms with Crippen LogP contribution in [0.25, 0.3) is 0 Å². The Morgan fingerprint density at radius 3 is 1.81 bits per heavy atom. The second-order valence-electron chi connectivity index (χ2n) is 5.69. The molecule has 0 aromatic heterocycles. The van der Waals surface area contributed by atoms with Gasteiger partial charge in [0.2, 0.25) is 0 Å². The average molecular weight is 379 g/mol. The SMILES string of the molecule is CC.CC.Cc1cc(C)c(OCCCOc2ccc(Cl)cc2C)c(C)c1. The zero-order valence-electron chi connectivity index (χ0n) is 17.7. The van der Waals surface area contributed by atoms with Gasteiger partial charge in [0.15, 0.2) is 0 Å². The first-order chi connectivity index (χ1) is 12.5. The minimum Gasteiger partial charge on any atom is -0.493 e. The zero-order chi connectivity index (χ0) is 20.1. The largest absolute Gasteiger partial charge is 0.493 e. The van der Waals surface area contributed by atoms with Crippen LogP contribution in [-0.2, 0) is 0 Å². The van der Waals surface area contributed by atoms with E-state index in [0.29, 0.717) is 13.2 Å². The molecule has 146 valence electrons. The van der Waals surface area contributed by atoms with Gasteiger partial charge < -0.3 is 9.47 Å². The van der Waals surface area contributed by atoms with Gasteiger partial charge in [-0.2, -0.15) is 0 Å². The standard InChI is InChI=1S/C19H23ClO2.2C2H6/c1-13-10-15(3)19(16(4)11-13)22-9-5-8-21-18-7-6-17(20)12-14(18)2;2*1-2/h6-7,10-12H,5,8-9H2,1-4H3;2*1-2H3. The second kappa shape index (κ2) is 13.5. The Kier molecular flexibility index (Phi) is 12.7. The Bertz CT molecular complexity index is 628. The van der Waals surface area contributed by atoms with Crippen LogP contribution in [0, 0.1) is 27.7 Å². The minimum atomic E-state index is 0.631. The first-order valence-corrected chi connectivity index (χ1v) is 9.95. The lowest BCUT2D eigenvalue weighted by Gasteiger charge is -2.14. The maximum Gasteiger partial charge on any atom is 0.125 e. The molecule has 2 aromatic rings. The Labute approximate surface area is 165 Å². The predicted octanol–water partition coefficient (Wildman–Crippen LogP) is 7.47. The van der Waals surface area contributed by atoms with Crippen molar-refractivity contribution in [2.24, 2.45) is 0 Å². The molecule has 0 saturated heterocycles. The van der Waals surface area contributed by atoms with E-state index in [2.05, 4.69) is 32.9 Å². The molecule has 0 radical (unpaired) electrons. The Balaban J connectivity index is 0.00000146. The van der Waals surface area contributed by atoms with Crippen molar-refractivity contribution in [2.75, 3.05) is 13.2 Å². The number of benzene rings is 2. The van der Waals surface area contributed by atoms with Gasteiger partial charge in [0, 0.05) is 11.4 Å². The molecule has 2 aromatic carbocycles. The molecular weight excluding hydrogens is 344 g/mol. The summed E-state index contributed by atoms with van der Waals surface area (Å²) in [4.78, 5) is 0. The lowest BCUT2D eigenvalue weighted by atomic mass is 10.1. The molecule has 0 heterocycles. The summed E-state index contributed by atoms with van der Waals surface area (Å²) in [6.07, 6.45) is 0.842. The van der Waals surface area contributed by atoms with Gasteiger partial charge in [0.25, 0.3) is 0 Å². The zero-order valence-corrected chi connectivity index (χ0v) is 18.5. The molecule has 0 fully saturated rings. The highest BCUT2D eigenvalue weighted by molar-refractivity contribution is 6.30. The fourth-order valence-corrected chi connectivity index (χ4v) is 2.81. The maximum absolute atomic E-state index is 5.93. The van der Waals surface area contributed by atoms with Gasteiger partial charge in [0.1, 0.15) is 11.5 Å². The van der Waals surface area contributed by atoms with E-state index >= 15 is 0 Å². The summed E-state index contributed by atoms with van der Waals surface area (Å²) >= 11 is 5.93. The molecule has 0 aliphatic rings. The molecule has 0 unspecified atom stereocenters. The third-order valence-electron chi connectivity index (χ3n) is 3.53. The summed E-state index contributed by atoms with van der Waals surface area (Å²) < 4.78 is 11.7. The minimum absolute atomic E-state index is 0.631. The average Bonchev–Trinajstić information content (AvgIpc) is 2.61. The lowest BCUT2D eigenvalue weighted by Crippen LogP contribution is -2.07. The summed E-state index contributed by atoms with van der Waals surface area (Å²) in [5.41, 5.74) is 4.70. The number of aryl methyl sites for hydroxylation is 4. The molecule has 26 heavy (non-hydrogen) atoms. The van der Waals surface area contributed by atoms with Crippen LogP contribution in [0.3, 0.4) is 0 Å². The van der Waals surface area contributed by atoms with Crippen molar-refractivity contribution in [1.82, 2.24) is 0 Å². The molecule has 0 amide bonds. The second-order valence-corrected chi connectivity index (χ2v) is 6.12. The number of halogens is 1. The summed E-state index contributed by atoms with van der Waals surface area (Å²) in [5, 5.41) is 0.735. The van der Waals surface area contributed by atoms with Crippen LogP contribution in [0.2, 0.25) is 5.02 Å². The molecule has 0 aliphatic carbocycles. The number of hydrogen-bond donors (Lipinski definition) is 0. The van der Waals surface area contributed by atoms with Gasteiger partial charge in [-0.1, -0.05) is 57.0 Å². The monoisotopic (exact) mass is 378 g/mol. The van der Waals surface area contributed by atoms with Crippen molar-refractivity contribution in [3.05, 3.63) is 57.6 Å². The van der Waals surface area contributed by atoms with E-state index in [0.717, 1.165) is 28.5 Å². The maximum atomic E-state index is 5.93. The Hall–Kier alpha value is -1.67. The van der Waals surface area contributed by atoms with Gasteiger partial charge >= 0.3 is 0 Å². The van der Waals surface area contributed by atoms with Gasteiger partial charge in [-0.25, -0.2) is 0 Å². The predicted molar refractivity (Wildman–Crippen MR) is 115 cm³/mol. The van der Waals surface area contributed by atoms with E-state index in [-0.39, 0.29) is 0 Å². The first-order valence-electron chi connectivity index (χ1n) is 9.57. The lowest BCUT2D eigenvalue weighted by molar-refractivity contribution is 0.245. The van der Waals surface area contributed by atoms with Crippen molar-refractivity contribution in [2.45, 2.75) is 61.8 Å². The molecule has 0 aliphatic heterocycles. The molecule has 2 nitrogen and oxygen atoms in total. The van der Waals surface area contributed by atoms with E-state index in [9.17, 15) is 0 Å². The number of ether oxygens (including phenoxy) is 2. The van der Waals surface area contributed by atoms with Crippen LogP contribution < -0.4 is 9.47 Å². The highest BCUT2D eigenvalue weighted by Gasteiger charge is 2.05. The summed E-state index contributed by atoms with van der Waals surface area (Å²) in [7, 11) is 0. The van der Waals surface area contributed by atoms with Crippen LogP contribution in [0.1, 0.15) is 56.4 Å². The van der Waals surface area contributed by atoms with Gasteiger partial charge in [-0.15, -0.1) is 0 Å². The van der Waals surface area contributed by atoms with Crippen LogP contribution in [0.5, 0.6) is 11.5 Å². The third-order valence-corrected chi connectivity index (χ3v) is 3.77. The van der Waals surface area contributed by atoms with E-state index in [1.165, 1.54) is 16.7 Å². The topological polar surface area (TPSA) is 18.5 Å². The molecule has 3 heteroatoms. The van der Waals surface area contributed by atoms with E-state index < -0.39 is 0 Å². The quantitative estimate of drug-likeness (QED) is 0.485. The summed E-state index contributed by atoms with van der Waals surface area (Å²) in [6.45, 7) is 17.6. The highest BCUT2D eigenvalue weighted by atomic mass is 35.5. The van der Waals surface area contributed by atoms with Gasteiger partial charge in [0.05, 0.1) is 13.2 Å². The number of rotatable bonds is 6. The molecule has 0 N–H and O–H groups in total. The van der Waals surface area contributed by atoms with E-state index in [1.54, 1.807) is 0 Å². The Morgan fingerprint density at radius 2 is 1.27 bits per heavy atom. The molecule has 0 atom stereocenters. The first kappa shape index (κ1) is 24.3. The van der Waals surface area contributed by atoms with Crippen molar-refractivity contribution in [3.63, 3.8) is 0 Å². The fourth-order valence-electron chi connectivity index (χ4n) is 2.58. The van der Waals surface area contributed by atoms with Crippen molar-refractivity contribution in [1.29, 1.82) is 0 Å². The van der Waals surface area contributed by atoms with Gasteiger partial charge in [-0.05, 0) is 62.6 Å². The van der Waals surface area contributed by atoms with E-state index in [1.807, 2.05) is 52.8 Å². The normalized spacial score (nSPS) is 9.42. The van der Waals surface area contributed by atoms with E-state index in [4.69, 9.17) is 21.1 Å². The smallest absolute Gasteiger partial charge is 0.125 e. The van der Waals surface area contributed by atoms with Crippen LogP contribution >= 0.6 is 11.6 Å². The molecule has 0 spiro atoms. The third kappa shape index (κ3) is 8.14. The van der Waals surface area contributed by atoms with Crippen LogP contribution in [-0.4, -0.2) is 13.2 Å². The summed E-state index contributed by atoms with van der Waals surface area (Å²) in [6, 6.07) is 9.96. The summed E-state index contributed by atoms with van der Waals surface area (Å²) in [5.74, 6) is 1.88. The van der Waals surface area contributed by atoms with Crippen LogP contribution in [0.4, 0.5) is 0 Å². The fraction of sp³-hybridized carbons (Fsp3) is 0.478. The highest BCUT2D eigenvalue weighted by Crippen LogP contribution is 2.25. The van der Waals surface area contributed by atoms with Crippen molar-refractivity contribution < 1.29 is 9.47 Å². The van der Waals surface area contributed by atoms with Gasteiger partial charge in [-0.3, -0.25) is 0 Å². The van der Waals surface area contributed by atoms with Crippen molar-refractivity contribution in [3.8, 4) is 11.5 Å². The molecule has 0 saturated carbocycles. The number of hydrogen-bond acceptors (Lipinski definition) is 2.